The predicted octanol–water partition coefficient (Wildman–Crippen LogP) is 2.79. The molecule has 0 aromatic carbocycles. The van der Waals surface area contributed by atoms with Crippen LogP contribution in [0.1, 0.15) is 46.0 Å². The SMILES string of the molecule is CC1CCC(C)C12CCCC2=O. The number of ketones is 1. The van der Waals surface area contributed by atoms with Gasteiger partial charge in [0, 0.05) is 11.8 Å². The normalized spacial score (nSPS) is 47.7. The maximum absolute atomic E-state index is 11.8. The van der Waals surface area contributed by atoms with Crippen LogP contribution >= 0.6 is 0 Å². The molecule has 2 aliphatic rings. The first kappa shape index (κ1) is 8.28. The Morgan fingerprint density at radius 2 is 1.83 bits per heavy atom. The summed E-state index contributed by atoms with van der Waals surface area (Å²) in [6, 6.07) is 0. The van der Waals surface area contributed by atoms with Crippen molar-refractivity contribution in [1.82, 2.24) is 0 Å². The van der Waals surface area contributed by atoms with Crippen molar-refractivity contribution in [3.05, 3.63) is 0 Å². The lowest BCUT2D eigenvalue weighted by atomic mass is 9.71. The van der Waals surface area contributed by atoms with Crippen molar-refractivity contribution in [2.45, 2.75) is 46.0 Å². The van der Waals surface area contributed by atoms with Crippen LogP contribution in [0.4, 0.5) is 0 Å². The fraction of sp³-hybridized carbons (Fsp3) is 0.909. The molecule has 2 rings (SSSR count). The largest absolute Gasteiger partial charge is 0.299 e. The molecule has 0 bridgehead atoms. The van der Waals surface area contributed by atoms with Crippen LogP contribution in [0.3, 0.4) is 0 Å². The number of hydrogen-bond acceptors (Lipinski definition) is 1. The second kappa shape index (κ2) is 2.58. The van der Waals surface area contributed by atoms with E-state index in [2.05, 4.69) is 13.8 Å². The average molecular weight is 166 g/mol. The fourth-order valence-electron chi connectivity index (χ4n) is 3.46. The molecule has 0 aromatic heterocycles. The minimum Gasteiger partial charge on any atom is -0.299 e. The lowest BCUT2D eigenvalue weighted by Crippen LogP contribution is -2.33. The summed E-state index contributed by atoms with van der Waals surface area (Å²) in [4.78, 5) is 11.8. The Morgan fingerprint density at radius 3 is 2.25 bits per heavy atom. The van der Waals surface area contributed by atoms with Crippen LogP contribution in [-0.2, 0) is 4.79 Å². The number of carbonyl (C=O) groups excluding carboxylic acids is 1. The zero-order chi connectivity index (χ0) is 8.77. The van der Waals surface area contributed by atoms with Crippen LogP contribution in [0.5, 0.6) is 0 Å². The molecule has 0 saturated heterocycles. The van der Waals surface area contributed by atoms with E-state index in [9.17, 15) is 4.79 Å². The van der Waals surface area contributed by atoms with Crippen LogP contribution in [-0.4, -0.2) is 5.78 Å². The van der Waals surface area contributed by atoms with E-state index in [0.717, 1.165) is 12.8 Å². The molecule has 0 amide bonds. The van der Waals surface area contributed by atoms with Crippen molar-refractivity contribution in [2.24, 2.45) is 17.3 Å². The van der Waals surface area contributed by atoms with E-state index in [0.29, 0.717) is 17.6 Å². The van der Waals surface area contributed by atoms with Crippen molar-refractivity contribution in [1.29, 1.82) is 0 Å². The third kappa shape index (κ3) is 0.826. The van der Waals surface area contributed by atoms with Crippen molar-refractivity contribution in [2.75, 3.05) is 0 Å². The lowest BCUT2D eigenvalue weighted by Gasteiger charge is -2.31. The summed E-state index contributed by atoms with van der Waals surface area (Å²) < 4.78 is 0. The van der Waals surface area contributed by atoms with Gasteiger partial charge in [-0.25, -0.2) is 0 Å². The summed E-state index contributed by atoms with van der Waals surface area (Å²) in [5, 5.41) is 0. The molecular weight excluding hydrogens is 148 g/mol. The minimum absolute atomic E-state index is 0.125. The van der Waals surface area contributed by atoms with E-state index in [1.54, 1.807) is 0 Å². The molecule has 2 aliphatic carbocycles. The fourth-order valence-corrected chi connectivity index (χ4v) is 3.46. The summed E-state index contributed by atoms with van der Waals surface area (Å²) in [6.07, 6.45) is 5.72. The topological polar surface area (TPSA) is 17.1 Å². The second-order valence-corrected chi connectivity index (χ2v) is 4.70. The molecule has 0 aliphatic heterocycles. The number of carbonyl (C=O) groups is 1. The first-order chi connectivity index (χ1) is 5.68. The number of hydrogen-bond donors (Lipinski definition) is 0. The van der Waals surface area contributed by atoms with Crippen LogP contribution in [0.2, 0.25) is 0 Å². The van der Waals surface area contributed by atoms with Crippen LogP contribution in [0.15, 0.2) is 0 Å². The minimum atomic E-state index is 0.125. The quantitative estimate of drug-likeness (QED) is 0.541. The Kier molecular flexibility index (Phi) is 1.78. The molecule has 2 unspecified atom stereocenters. The summed E-state index contributed by atoms with van der Waals surface area (Å²) in [7, 11) is 0. The van der Waals surface area contributed by atoms with Crippen molar-refractivity contribution >= 4 is 5.78 Å². The van der Waals surface area contributed by atoms with Gasteiger partial charge in [0.05, 0.1) is 0 Å². The van der Waals surface area contributed by atoms with Crippen LogP contribution in [0.25, 0.3) is 0 Å². The van der Waals surface area contributed by atoms with Gasteiger partial charge in [-0.2, -0.15) is 0 Å². The monoisotopic (exact) mass is 166 g/mol. The van der Waals surface area contributed by atoms with Gasteiger partial charge in [0.25, 0.3) is 0 Å². The van der Waals surface area contributed by atoms with Gasteiger partial charge in [-0.1, -0.05) is 13.8 Å². The Hall–Kier alpha value is -0.330. The van der Waals surface area contributed by atoms with E-state index in [1.165, 1.54) is 19.3 Å². The maximum atomic E-state index is 11.8. The zero-order valence-electron chi connectivity index (χ0n) is 8.10. The molecular formula is C11H18O. The summed E-state index contributed by atoms with van der Waals surface area (Å²) in [5.41, 5.74) is 0.125. The molecule has 12 heavy (non-hydrogen) atoms. The highest BCUT2D eigenvalue weighted by Gasteiger charge is 2.52. The number of Topliss-reactive ketones (excluding diaryl/α,β-unsaturated/α-hetero) is 1. The summed E-state index contributed by atoms with van der Waals surface area (Å²) >= 11 is 0. The highest BCUT2D eigenvalue weighted by atomic mass is 16.1. The summed E-state index contributed by atoms with van der Waals surface area (Å²) in [6.45, 7) is 4.54. The van der Waals surface area contributed by atoms with Gasteiger partial charge < -0.3 is 0 Å². The maximum Gasteiger partial charge on any atom is 0.139 e. The molecule has 0 radical (unpaired) electrons. The van der Waals surface area contributed by atoms with Gasteiger partial charge >= 0.3 is 0 Å². The molecule has 68 valence electrons. The molecule has 0 heterocycles. The molecule has 2 saturated carbocycles. The third-order valence-corrected chi connectivity index (χ3v) is 4.30. The van der Waals surface area contributed by atoms with E-state index < -0.39 is 0 Å². The molecule has 1 nitrogen and oxygen atoms in total. The lowest BCUT2D eigenvalue weighted by molar-refractivity contribution is -0.129. The smallest absolute Gasteiger partial charge is 0.139 e. The van der Waals surface area contributed by atoms with Crippen molar-refractivity contribution < 1.29 is 4.79 Å². The van der Waals surface area contributed by atoms with Crippen LogP contribution in [0, 0.1) is 17.3 Å². The molecule has 1 heteroatoms. The zero-order valence-corrected chi connectivity index (χ0v) is 8.10. The van der Waals surface area contributed by atoms with Gasteiger partial charge in [-0.15, -0.1) is 0 Å². The van der Waals surface area contributed by atoms with Crippen LogP contribution < -0.4 is 0 Å². The molecule has 0 N–H and O–H groups in total. The van der Waals surface area contributed by atoms with Crippen molar-refractivity contribution in [3.63, 3.8) is 0 Å². The van der Waals surface area contributed by atoms with Gasteiger partial charge in [0.1, 0.15) is 5.78 Å². The van der Waals surface area contributed by atoms with Gasteiger partial charge in [-0.05, 0) is 37.5 Å². The van der Waals surface area contributed by atoms with E-state index in [1.807, 2.05) is 0 Å². The average Bonchev–Trinajstić information content (AvgIpc) is 2.53. The highest BCUT2D eigenvalue weighted by Crippen LogP contribution is 2.55. The highest BCUT2D eigenvalue weighted by molar-refractivity contribution is 5.87. The molecule has 1 spiro atoms. The Balaban J connectivity index is 2.32. The Bertz CT molecular complexity index is 197. The van der Waals surface area contributed by atoms with E-state index in [4.69, 9.17) is 0 Å². The Labute approximate surface area is 74.5 Å². The van der Waals surface area contributed by atoms with Crippen molar-refractivity contribution in [3.8, 4) is 0 Å². The van der Waals surface area contributed by atoms with E-state index >= 15 is 0 Å². The Morgan fingerprint density at radius 1 is 1.25 bits per heavy atom. The van der Waals surface area contributed by atoms with Gasteiger partial charge in [-0.3, -0.25) is 4.79 Å². The first-order valence-corrected chi connectivity index (χ1v) is 5.21. The van der Waals surface area contributed by atoms with Gasteiger partial charge in [0.15, 0.2) is 0 Å². The second-order valence-electron chi connectivity index (χ2n) is 4.70. The van der Waals surface area contributed by atoms with Gasteiger partial charge in [0.2, 0.25) is 0 Å². The number of rotatable bonds is 0. The molecule has 2 atom stereocenters. The first-order valence-electron chi connectivity index (χ1n) is 5.21. The standard InChI is InChI=1S/C11H18O/c1-8-5-6-9(2)11(8)7-3-4-10(11)12/h8-9H,3-7H2,1-2H3. The van der Waals surface area contributed by atoms with E-state index in [-0.39, 0.29) is 5.41 Å². The molecule has 2 fully saturated rings. The summed E-state index contributed by atoms with van der Waals surface area (Å²) in [5.74, 6) is 1.88. The third-order valence-electron chi connectivity index (χ3n) is 4.30. The predicted molar refractivity (Wildman–Crippen MR) is 48.9 cm³/mol. The molecule has 0 aromatic rings.